The lowest BCUT2D eigenvalue weighted by atomic mass is 9.96. The summed E-state index contributed by atoms with van der Waals surface area (Å²) in [4.78, 5) is 11.7. The second kappa shape index (κ2) is 7.68. The van der Waals surface area contributed by atoms with Gasteiger partial charge in [-0.05, 0) is 60.8 Å². The monoisotopic (exact) mass is 270 g/mol. The number of carbonyl (C=O) groups excluding carboxylic acids is 1. The summed E-state index contributed by atoms with van der Waals surface area (Å²) in [6, 6.07) is 0. The van der Waals surface area contributed by atoms with Crippen molar-refractivity contribution < 1.29 is 14.6 Å². The molecule has 112 valence electrons. The Balaban J connectivity index is 3.95. The smallest absolute Gasteiger partial charge is 0.333 e. The van der Waals surface area contributed by atoms with Crippen molar-refractivity contribution in [3.05, 3.63) is 11.6 Å². The second-order valence-electron chi connectivity index (χ2n) is 6.49. The van der Waals surface area contributed by atoms with Gasteiger partial charge in [0, 0.05) is 5.57 Å². The van der Waals surface area contributed by atoms with Crippen molar-refractivity contribution in [2.75, 3.05) is 0 Å². The summed E-state index contributed by atoms with van der Waals surface area (Å²) in [5.74, 6) is -0.232. The zero-order chi connectivity index (χ0) is 15.1. The van der Waals surface area contributed by atoms with E-state index in [1.54, 1.807) is 13.0 Å². The summed E-state index contributed by atoms with van der Waals surface area (Å²) in [5.41, 5.74) is -0.351. The van der Waals surface area contributed by atoms with Crippen LogP contribution in [-0.4, -0.2) is 22.3 Å². The molecule has 0 amide bonds. The number of aliphatic hydroxyl groups is 1. The highest BCUT2D eigenvalue weighted by Crippen LogP contribution is 2.21. The number of hydrogen-bond donors (Lipinski definition) is 1. The SMILES string of the molecule is CC=C(C)C(=O)OC(C)(C)CCCCCC(C)(C)O. The van der Waals surface area contributed by atoms with Crippen molar-refractivity contribution in [1.29, 1.82) is 0 Å². The Morgan fingerprint density at radius 3 is 2.11 bits per heavy atom. The summed E-state index contributed by atoms with van der Waals surface area (Å²) in [5, 5.41) is 9.61. The van der Waals surface area contributed by atoms with Crippen molar-refractivity contribution in [3.63, 3.8) is 0 Å². The minimum atomic E-state index is -0.578. The van der Waals surface area contributed by atoms with E-state index in [1.807, 2.05) is 34.6 Å². The van der Waals surface area contributed by atoms with Gasteiger partial charge in [0.05, 0.1) is 5.60 Å². The molecule has 0 fully saturated rings. The zero-order valence-electron chi connectivity index (χ0n) is 13.4. The zero-order valence-corrected chi connectivity index (χ0v) is 13.4. The van der Waals surface area contributed by atoms with Crippen molar-refractivity contribution >= 4 is 5.97 Å². The van der Waals surface area contributed by atoms with Gasteiger partial charge in [-0.15, -0.1) is 0 Å². The number of hydrogen-bond acceptors (Lipinski definition) is 3. The molecular weight excluding hydrogens is 240 g/mol. The predicted octanol–water partition coefficient (Wildman–Crippen LogP) is 4.00. The van der Waals surface area contributed by atoms with Gasteiger partial charge in [0.15, 0.2) is 0 Å². The van der Waals surface area contributed by atoms with Gasteiger partial charge >= 0.3 is 5.97 Å². The van der Waals surface area contributed by atoms with Crippen LogP contribution in [0.3, 0.4) is 0 Å². The van der Waals surface area contributed by atoms with Crippen LogP contribution in [0.15, 0.2) is 11.6 Å². The van der Waals surface area contributed by atoms with E-state index in [2.05, 4.69) is 0 Å². The first kappa shape index (κ1) is 18.2. The molecule has 0 aromatic carbocycles. The topological polar surface area (TPSA) is 46.5 Å². The molecule has 3 heteroatoms. The fourth-order valence-corrected chi connectivity index (χ4v) is 1.79. The quantitative estimate of drug-likeness (QED) is 0.412. The summed E-state index contributed by atoms with van der Waals surface area (Å²) >= 11 is 0. The minimum absolute atomic E-state index is 0.232. The predicted molar refractivity (Wildman–Crippen MR) is 79.0 cm³/mol. The molecule has 0 saturated heterocycles. The molecule has 0 aliphatic rings. The number of esters is 1. The number of ether oxygens (including phenoxy) is 1. The highest BCUT2D eigenvalue weighted by Gasteiger charge is 2.23. The van der Waals surface area contributed by atoms with Gasteiger partial charge < -0.3 is 9.84 Å². The number of allylic oxidation sites excluding steroid dienone is 1. The fourth-order valence-electron chi connectivity index (χ4n) is 1.79. The van der Waals surface area contributed by atoms with Crippen LogP contribution in [0.2, 0.25) is 0 Å². The summed E-state index contributed by atoms with van der Waals surface area (Å²) in [7, 11) is 0. The van der Waals surface area contributed by atoms with E-state index in [4.69, 9.17) is 4.74 Å². The molecule has 0 radical (unpaired) electrons. The molecule has 0 rings (SSSR count). The van der Waals surface area contributed by atoms with E-state index in [9.17, 15) is 9.90 Å². The molecular formula is C16H30O3. The van der Waals surface area contributed by atoms with Crippen molar-refractivity contribution in [2.24, 2.45) is 0 Å². The Labute approximate surface area is 118 Å². The highest BCUT2D eigenvalue weighted by molar-refractivity contribution is 5.87. The molecule has 0 atom stereocenters. The maximum absolute atomic E-state index is 11.7. The minimum Gasteiger partial charge on any atom is -0.456 e. The molecule has 0 aliphatic heterocycles. The number of unbranched alkanes of at least 4 members (excludes halogenated alkanes) is 2. The van der Waals surface area contributed by atoms with E-state index < -0.39 is 11.2 Å². The Bertz CT molecular complexity index is 308. The highest BCUT2D eigenvalue weighted by atomic mass is 16.6. The van der Waals surface area contributed by atoms with Crippen LogP contribution in [0.25, 0.3) is 0 Å². The van der Waals surface area contributed by atoms with Gasteiger partial charge in [0.25, 0.3) is 0 Å². The van der Waals surface area contributed by atoms with Gasteiger partial charge in [-0.3, -0.25) is 0 Å². The van der Waals surface area contributed by atoms with E-state index in [-0.39, 0.29) is 5.97 Å². The van der Waals surface area contributed by atoms with Crippen molar-refractivity contribution in [1.82, 2.24) is 0 Å². The van der Waals surface area contributed by atoms with Gasteiger partial charge in [-0.1, -0.05) is 18.9 Å². The van der Waals surface area contributed by atoms with E-state index >= 15 is 0 Å². The Morgan fingerprint density at radius 2 is 1.63 bits per heavy atom. The summed E-state index contributed by atoms with van der Waals surface area (Å²) in [6.45, 7) is 11.2. The average Bonchev–Trinajstić information content (AvgIpc) is 2.25. The molecule has 0 unspecified atom stereocenters. The average molecular weight is 270 g/mol. The Kier molecular flexibility index (Phi) is 7.35. The third-order valence-electron chi connectivity index (χ3n) is 3.19. The molecule has 19 heavy (non-hydrogen) atoms. The molecule has 0 aromatic rings. The lowest BCUT2D eigenvalue weighted by Gasteiger charge is -2.25. The first-order valence-corrected chi connectivity index (χ1v) is 7.16. The molecule has 0 bridgehead atoms. The third-order valence-corrected chi connectivity index (χ3v) is 3.19. The molecule has 0 spiro atoms. The number of carbonyl (C=O) groups is 1. The van der Waals surface area contributed by atoms with E-state index in [0.717, 1.165) is 32.1 Å². The molecule has 3 nitrogen and oxygen atoms in total. The Morgan fingerprint density at radius 1 is 1.11 bits per heavy atom. The normalized spacial score (nSPS) is 13.5. The van der Waals surface area contributed by atoms with Gasteiger partial charge in [0.2, 0.25) is 0 Å². The largest absolute Gasteiger partial charge is 0.456 e. The van der Waals surface area contributed by atoms with Gasteiger partial charge in [-0.2, -0.15) is 0 Å². The summed E-state index contributed by atoms with van der Waals surface area (Å²) < 4.78 is 5.48. The van der Waals surface area contributed by atoms with E-state index in [0.29, 0.717) is 5.57 Å². The van der Waals surface area contributed by atoms with Crippen LogP contribution in [0.5, 0.6) is 0 Å². The van der Waals surface area contributed by atoms with Crippen LogP contribution in [0.4, 0.5) is 0 Å². The first-order valence-electron chi connectivity index (χ1n) is 7.16. The molecule has 0 aliphatic carbocycles. The van der Waals surface area contributed by atoms with Gasteiger partial charge in [0.1, 0.15) is 5.60 Å². The standard InChI is InChI=1S/C16H30O3/c1-7-13(2)14(17)19-16(5,6)12-10-8-9-11-15(3,4)18/h7,18H,8-12H2,1-6H3. The van der Waals surface area contributed by atoms with Crippen LogP contribution in [0, 0.1) is 0 Å². The molecule has 0 heterocycles. The van der Waals surface area contributed by atoms with Crippen LogP contribution >= 0.6 is 0 Å². The Hall–Kier alpha value is -0.830. The molecule has 0 saturated carbocycles. The first-order chi connectivity index (χ1) is 8.57. The van der Waals surface area contributed by atoms with Crippen LogP contribution in [-0.2, 0) is 9.53 Å². The maximum atomic E-state index is 11.7. The fraction of sp³-hybridized carbons (Fsp3) is 0.812. The maximum Gasteiger partial charge on any atom is 0.333 e. The summed E-state index contributed by atoms with van der Waals surface area (Å²) in [6.07, 6.45) is 6.48. The number of rotatable bonds is 8. The van der Waals surface area contributed by atoms with Crippen molar-refractivity contribution in [3.8, 4) is 0 Å². The van der Waals surface area contributed by atoms with Gasteiger partial charge in [-0.25, -0.2) is 4.79 Å². The second-order valence-corrected chi connectivity index (χ2v) is 6.49. The third kappa shape index (κ3) is 9.71. The lowest BCUT2D eigenvalue weighted by Crippen LogP contribution is -2.28. The van der Waals surface area contributed by atoms with Crippen LogP contribution < -0.4 is 0 Å². The van der Waals surface area contributed by atoms with E-state index in [1.165, 1.54) is 0 Å². The van der Waals surface area contributed by atoms with Crippen LogP contribution in [0.1, 0.15) is 73.6 Å². The molecule has 1 N–H and O–H groups in total. The van der Waals surface area contributed by atoms with Crippen molar-refractivity contribution in [2.45, 2.75) is 84.8 Å². The molecule has 0 aromatic heterocycles. The lowest BCUT2D eigenvalue weighted by molar-refractivity contribution is -0.152.